The van der Waals surface area contributed by atoms with Crippen LogP contribution in [0.5, 0.6) is 0 Å². The van der Waals surface area contributed by atoms with E-state index in [0.717, 1.165) is 32.1 Å². The van der Waals surface area contributed by atoms with Gasteiger partial charge in [-0.15, -0.1) is 0 Å². The Bertz CT molecular complexity index is 806. The van der Waals surface area contributed by atoms with Crippen LogP contribution in [0.3, 0.4) is 0 Å². The summed E-state index contributed by atoms with van der Waals surface area (Å²) in [4.78, 5) is 26.7. The Morgan fingerprint density at radius 3 is 2.14 bits per heavy atom. The van der Waals surface area contributed by atoms with E-state index in [2.05, 4.69) is 0 Å². The lowest BCUT2D eigenvalue weighted by molar-refractivity contribution is -0.140. The molecule has 2 aliphatic heterocycles. The lowest BCUT2D eigenvalue weighted by Gasteiger charge is -2.38. The summed E-state index contributed by atoms with van der Waals surface area (Å²) in [7, 11) is -3.51. The third-order valence-corrected chi connectivity index (χ3v) is 7.51. The molecule has 2 heterocycles. The highest BCUT2D eigenvalue weighted by Gasteiger charge is 2.30. The molecule has 2 saturated heterocycles. The summed E-state index contributed by atoms with van der Waals surface area (Å²) in [6.07, 6.45) is 4.74. The van der Waals surface area contributed by atoms with Crippen molar-refractivity contribution in [3.63, 3.8) is 0 Å². The maximum atomic E-state index is 12.5. The van der Waals surface area contributed by atoms with Crippen LogP contribution in [0.1, 0.15) is 56.3 Å². The SMILES string of the molecule is CC1CCCC(C)N1C(=O)COC(=O)c1ccc(S(=O)(=O)N2CCCC2)cc1. The van der Waals surface area contributed by atoms with Crippen molar-refractivity contribution in [2.75, 3.05) is 19.7 Å². The number of piperidine rings is 1. The molecule has 1 aromatic carbocycles. The molecule has 0 bridgehead atoms. The molecule has 1 aromatic rings. The van der Waals surface area contributed by atoms with Gasteiger partial charge in [0.05, 0.1) is 10.5 Å². The number of ether oxygens (including phenoxy) is 1. The number of hydrogen-bond donors (Lipinski definition) is 0. The van der Waals surface area contributed by atoms with Crippen molar-refractivity contribution in [1.82, 2.24) is 9.21 Å². The fourth-order valence-electron chi connectivity index (χ4n) is 4.04. The largest absolute Gasteiger partial charge is 0.452 e. The second-order valence-electron chi connectivity index (χ2n) is 7.64. The zero-order valence-electron chi connectivity index (χ0n) is 16.5. The average Bonchev–Trinajstić information content (AvgIpc) is 3.22. The van der Waals surface area contributed by atoms with Crippen molar-refractivity contribution < 1.29 is 22.7 Å². The van der Waals surface area contributed by atoms with E-state index in [4.69, 9.17) is 4.74 Å². The van der Waals surface area contributed by atoms with Gasteiger partial charge in [-0.25, -0.2) is 13.2 Å². The van der Waals surface area contributed by atoms with Crippen molar-refractivity contribution in [3.8, 4) is 0 Å². The van der Waals surface area contributed by atoms with Gasteiger partial charge in [0.1, 0.15) is 0 Å². The predicted octanol–water partition coefficient (Wildman–Crippen LogP) is 2.42. The van der Waals surface area contributed by atoms with E-state index >= 15 is 0 Å². The van der Waals surface area contributed by atoms with Crippen LogP contribution >= 0.6 is 0 Å². The summed E-state index contributed by atoms with van der Waals surface area (Å²) < 4.78 is 31.7. The van der Waals surface area contributed by atoms with Crippen molar-refractivity contribution >= 4 is 21.9 Å². The molecule has 2 fully saturated rings. The van der Waals surface area contributed by atoms with Gasteiger partial charge in [0.25, 0.3) is 5.91 Å². The third kappa shape index (κ3) is 4.38. The van der Waals surface area contributed by atoms with Gasteiger partial charge in [-0.2, -0.15) is 4.31 Å². The zero-order valence-corrected chi connectivity index (χ0v) is 17.3. The second-order valence-corrected chi connectivity index (χ2v) is 9.58. The minimum Gasteiger partial charge on any atom is -0.452 e. The van der Waals surface area contributed by atoms with Crippen LogP contribution < -0.4 is 0 Å². The van der Waals surface area contributed by atoms with Gasteiger partial charge in [-0.1, -0.05) is 0 Å². The maximum Gasteiger partial charge on any atom is 0.338 e. The molecule has 3 rings (SSSR count). The maximum absolute atomic E-state index is 12.5. The Labute approximate surface area is 166 Å². The van der Waals surface area contributed by atoms with Crippen molar-refractivity contribution in [1.29, 1.82) is 0 Å². The van der Waals surface area contributed by atoms with E-state index in [0.29, 0.717) is 13.1 Å². The van der Waals surface area contributed by atoms with Crippen LogP contribution in [-0.4, -0.2) is 61.3 Å². The van der Waals surface area contributed by atoms with Gasteiger partial charge in [0.15, 0.2) is 6.61 Å². The Morgan fingerprint density at radius 1 is 1.00 bits per heavy atom. The summed E-state index contributed by atoms with van der Waals surface area (Å²) in [6, 6.07) is 5.99. The summed E-state index contributed by atoms with van der Waals surface area (Å²) in [5.74, 6) is -0.822. The lowest BCUT2D eigenvalue weighted by atomic mass is 9.97. The van der Waals surface area contributed by atoms with E-state index in [1.54, 1.807) is 4.90 Å². The van der Waals surface area contributed by atoms with Crippen LogP contribution in [0.4, 0.5) is 0 Å². The number of sulfonamides is 1. The monoisotopic (exact) mass is 408 g/mol. The number of amides is 1. The fourth-order valence-corrected chi connectivity index (χ4v) is 5.56. The molecule has 0 saturated carbocycles. The highest BCUT2D eigenvalue weighted by Crippen LogP contribution is 2.23. The number of nitrogens with zero attached hydrogens (tertiary/aromatic N) is 2. The van der Waals surface area contributed by atoms with Gasteiger partial charge in [0.2, 0.25) is 10.0 Å². The minimum atomic E-state index is -3.51. The van der Waals surface area contributed by atoms with Gasteiger partial charge in [-0.05, 0) is 70.2 Å². The third-order valence-electron chi connectivity index (χ3n) is 5.60. The smallest absolute Gasteiger partial charge is 0.338 e. The van der Waals surface area contributed by atoms with Crippen molar-refractivity contribution in [3.05, 3.63) is 29.8 Å². The second kappa shape index (κ2) is 8.61. The number of carbonyl (C=O) groups excluding carboxylic acids is 2. The topological polar surface area (TPSA) is 84.0 Å². The highest BCUT2D eigenvalue weighted by atomic mass is 32.2. The van der Waals surface area contributed by atoms with Gasteiger partial charge < -0.3 is 9.64 Å². The summed E-state index contributed by atoms with van der Waals surface area (Å²) in [5.41, 5.74) is 0.230. The molecule has 7 nitrogen and oxygen atoms in total. The standard InChI is InChI=1S/C20H28N2O5S/c1-15-6-5-7-16(2)22(15)19(23)14-27-20(24)17-8-10-18(11-9-17)28(25,26)21-12-3-4-13-21/h8-11,15-16H,3-7,12-14H2,1-2H3. The number of rotatable bonds is 5. The Kier molecular flexibility index (Phi) is 6.40. The predicted molar refractivity (Wildman–Crippen MR) is 104 cm³/mol. The fraction of sp³-hybridized carbons (Fsp3) is 0.600. The molecule has 8 heteroatoms. The van der Waals surface area contributed by atoms with Crippen LogP contribution in [0.15, 0.2) is 29.2 Å². The van der Waals surface area contributed by atoms with E-state index in [-0.39, 0.29) is 35.1 Å². The molecule has 1 amide bonds. The van der Waals surface area contributed by atoms with Crippen LogP contribution in [0.2, 0.25) is 0 Å². The Balaban J connectivity index is 1.59. The number of esters is 1. The molecule has 0 radical (unpaired) electrons. The highest BCUT2D eigenvalue weighted by molar-refractivity contribution is 7.89. The van der Waals surface area contributed by atoms with Crippen LogP contribution in [-0.2, 0) is 19.6 Å². The number of carbonyl (C=O) groups is 2. The first-order valence-electron chi connectivity index (χ1n) is 9.89. The van der Waals surface area contributed by atoms with Gasteiger partial charge in [0, 0.05) is 25.2 Å². The molecule has 0 aliphatic carbocycles. The molecule has 2 unspecified atom stereocenters. The van der Waals surface area contributed by atoms with E-state index in [1.807, 2.05) is 13.8 Å². The molecule has 2 aliphatic rings. The van der Waals surface area contributed by atoms with Crippen LogP contribution in [0, 0.1) is 0 Å². The molecule has 154 valence electrons. The molecule has 2 atom stereocenters. The van der Waals surface area contributed by atoms with Crippen molar-refractivity contribution in [2.24, 2.45) is 0 Å². The van der Waals surface area contributed by atoms with E-state index in [9.17, 15) is 18.0 Å². The summed E-state index contributed by atoms with van der Waals surface area (Å²) in [6.45, 7) is 4.77. The number of hydrogen-bond acceptors (Lipinski definition) is 5. The quantitative estimate of drug-likeness (QED) is 0.699. The lowest BCUT2D eigenvalue weighted by Crippen LogP contribution is -2.49. The first kappa shape index (κ1) is 20.8. The number of benzene rings is 1. The van der Waals surface area contributed by atoms with Gasteiger partial charge in [-0.3, -0.25) is 4.79 Å². The Hall–Kier alpha value is -1.93. The number of likely N-dealkylation sites (tertiary alicyclic amines) is 1. The van der Waals surface area contributed by atoms with Crippen molar-refractivity contribution in [2.45, 2.75) is 62.9 Å². The molecular weight excluding hydrogens is 380 g/mol. The average molecular weight is 409 g/mol. The first-order valence-corrected chi connectivity index (χ1v) is 11.3. The molecule has 0 N–H and O–H groups in total. The van der Waals surface area contributed by atoms with E-state index in [1.165, 1.54) is 28.6 Å². The van der Waals surface area contributed by atoms with Crippen LogP contribution in [0.25, 0.3) is 0 Å². The zero-order chi connectivity index (χ0) is 20.3. The molecule has 0 aromatic heterocycles. The first-order chi connectivity index (χ1) is 13.3. The molecule has 28 heavy (non-hydrogen) atoms. The summed E-state index contributed by atoms with van der Waals surface area (Å²) >= 11 is 0. The normalized spacial score (nSPS) is 23.6. The van der Waals surface area contributed by atoms with E-state index < -0.39 is 16.0 Å². The molecular formula is C20H28N2O5S. The molecule has 0 spiro atoms. The Morgan fingerprint density at radius 2 is 1.57 bits per heavy atom. The van der Waals surface area contributed by atoms with Gasteiger partial charge >= 0.3 is 5.97 Å². The summed E-state index contributed by atoms with van der Waals surface area (Å²) in [5, 5.41) is 0. The minimum absolute atomic E-state index is 0.144.